The zero-order valence-corrected chi connectivity index (χ0v) is 15.3. The Kier molecular flexibility index (Phi) is 9.98. The van der Waals surface area contributed by atoms with E-state index in [2.05, 4.69) is 66.3 Å². The Bertz CT molecular complexity index is 381. The summed E-state index contributed by atoms with van der Waals surface area (Å²) in [7, 11) is 0. The van der Waals surface area contributed by atoms with Gasteiger partial charge in [-0.25, -0.2) is 0 Å². The molecule has 21 heavy (non-hydrogen) atoms. The third-order valence-corrected chi connectivity index (χ3v) is 3.91. The fraction of sp³-hybridized carbons (Fsp3) is 0.667. The zero-order chi connectivity index (χ0) is 15.5. The van der Waals surface area contributed by atoms with Crippen LogP contribution in [0, 0.1) is 11.8 Å². The summed E-state index contributed by atoms with van der Waals surface area (Å²) >= 11 is 3.56. The molecular formula is C18H30BrNO. The van der Waals surface area contributed by atoms with Crippen LogP contribution >= 0.6 is 15.9 Å². The summed E-state index contributed by atoms with van der Waals surface area (Å²) in [5.41, 5.74) is 1.40. The van der Waals surface area contributed by atoms with E-state index in [1.54, 1.807) is 0 Å². The molecule has 0 amide bonds. The first-order valence-electron chi connectivity index (χ1n) is 8.14. The molecule has 1 unspecified atom stereocenters. The predicted octanol–water partition coefficient (Wildman–Crippen LogP) is 4.67. The lowest BCUT2D eigenvalue weighted by molar-refractivity contribution is 0.120. The topological polar surface area (TPSA) is 21.3 Å². The number of hydrogen-bond donors (Lipinski definition) is 1. The van der Waals surface area contributed by atoms with E-state index in [1.807, 2.05) is 0 Å². The molecule has 0 heterocycles. The van der Waals surface area contributed by atoms with Crippen molar-refractivity contribution in [2.24, 2.45) is 11.8 Å². The molecule has 1 aromatic carbocycles. The van der Waals surface area contributed by atoms with Gasteiger partial charge in [0.25, 0.3) is 0 Å². The zero-order valence-electron chi connectivity index (χ0n) is 13.7. The Morgan fingerprint density at radius 2 is 2.00 bits per heavy atom. The Labute approximate surface area is 138 Å². The van der Waals surface area contributed by atoms with Gasteiger partial charge in [0, 0.05) is 17.7 Å². The van der Waals surface area contributed by atoms with Crippen molar-refractivity contribution in [1.82, 2.24) is 5.32 Å². The van der Waals surface area contributed by atoms with Crippen molar-refractivity contribution in [3.05, 3.63) is 34.3 Å². The molecule has 0 saturated heterocycles. The SMILES string of the molecule is CCCOCCC(CNCC(C)C)Cc1cccc(Br)c1. The molecule has 0 aliphatic carbocycles. The Morgan fingerprint density at radius 3 is 2.67 bits per heavy atom. The van der Waals surface area contributed by atoms with E-state index >= 15 is 0 Å². The van der Waals surface area contributed by atoms with Crippen LogP contribution in [-0.4, -0.2) is 26.3 Å². The fourth-order valence-corrected chi connectivity index (χ4v) is 2.79. The molecule has 0 spiro atoms. The molecule has 1 N–H and O–H groups in total. The van der Waals surface area contributed by atoms with Crippen molar-refractivity contribution in [3.8, 4) is 0 Å². The number of ether oxygens (including phenoxy) is 1. The number of benzene rings is 1. The third kappa shape index (κ3) is 9.28. The van der Waals surface area contributed by atoms with Gasteiger partial charge in [-0.2, -0.15) is 0 Å². The van der Waals surface area contributed by atoms with Gasteiger partial charge in [0.1, 0.15) is 0 Å². The van der Waals surface area contributed by atoms with Gasteiger partial charge in [0.15, 0.2) is 0 Å². The molecule has 2 nitrogen and oxygen atoms in total. The maximum atomic E-state index is 5.67. The van der Waals surface area contributed by atoms with Crippen molar-refractivity contribution >= 4 is 15.9 Å². The lowest BCUT2D eigenvalue weighted by Crippen LogP contribution is -2.28. The summed E-state index contributed by atoms with van der Waals surface area (Å²) in [6.45, 7) is 10.6. The molecule has 120 valence electrons. The second-order valence-corrected chi connectivity index (χ2v) is 7.07. The molecule has 0 radical (unpaired) electrons. The van der Waals surface area contributed by atoms with Crippen LogP contribution in [0.4, 0.5) is 0 Å². The Morgan fingerprint density at radius 1 is 1.19 bits per heavy atom. The number of rotatable bonds is 11. The number of halogens is 1. The molecule has 3 heteroatoms. The van der Waals surface area contributed by atoms with Crippen LogP contribution < -0.4 is 5.32 Å². The van der Waals surface area contributed by atoms with Crippen molar-refractivity contribution < 1.29 is 4.74 Å². The van der Waals surface area contributed by atoms with Gasteiger partial charge in [-0.15, -0.1) is 0 Å². The molecule has 1 atom stereocenters. The van der Waals surface area contributed by atoms with E-state index in [9.17, 15) is 0 Å². The summed E-state index contributed by atoms with van der Waals surface area (Å²) in [5.74, 6) is 1.34. The van der Waals surface area contributed by atoms with E-state index in [0.717, 1.165) is 50.0 Å². The monoisotopic (exact) mass is 355 g/mol. The van der Waals surface area contributed by atoms with Gasteiger partial charge in [-0.05, 0) is 61.9 Å². The average molecular weight is 356 g/mol. The minimum atomic E-state index is 0.634. The fourth-order valence-electron chi connectivity index (χ4n) is 2.35. The Balaban J connectivity index is 2.45. The maximum Gasteiger partial charge on any atom is 0.0469 e. The summed E-state index contributed by atoms with van der Waals surface area (Å²) in [5, 5.41) is 3.59. The van der Waals surface area contributed by atoms with Crippen LogP contribution in [0.15, 0.2) is 28.7 Å². The molecule has 0 saturated carbocycles. The molecule has 0 bridgehead atoms. The van der Waals surface area contributed by atoms with Crippen LogP contribution in [0.1, 0.15) is 39.2 Å². The van der Waals surface area contributed by atoms with Crippen LogP contribution in [-0.2, 0) is 11.2 Å². The summed E-state index contributed by atoms with van der Waals surface area (Å²) < 4.78 is 6.83. The molecule has 0 aliphatic rings. The largest absolute Gasteiger partial charge is 0.381 e. The van der Waals surface area contributed by atoms with Crippen molar-refractivity contribution in [2.45, 2.75) is 40.0 Å². The summed E-state index contributed by atoms with van der Waals surface area (Å²) in [6, 6.07) is 8.64. The molecule has 1 aromatic rings. The quantitative estimate of drug-likeness (QED) is 0.582. The lowest BCUT2D eigenvalue weighted by Gasteiger charge is -2.19. The maximum absolute atomic E-state index is 5.67. The van der Waals surface area contributed by atoms with Crippen molar-refractivity contribution in [1.29, 1.82) is 0 Å². The molecular weight excluding hydrogens is 326 g/mol. The second kappa shape index (κ2) is 11.2. The number of nitrogens with one attached hydrogen (secondary N) is 1. The molecule has 0 aromatic heterocycles. The van der Waals surface area contributed by atoms with E-state index in [1.165, 1.54) is 5.56 Å². The highest BCUT2D eigenvalue weighted by Gasteiger charge is 2.10. The van der Waals surface area contributed by atoms with Crippen molar-refractivity contribution in [3.63, 3.8) is 0 Å². The van der Waals surface area contributed by atoms with E-state index in [4.69, 9.17) is 4.74 Å². The normalized spacial score (nSPS) is 12.8. The standard InChI is InChI=1S/C18H30BrNO/c1-4-9-21-10-8-17(14-20-13-15(2)3)11-16-6-5-7-18(19)12-16/h5-7,12,15,17,20H,4,8-11,13-14H2,1-3H3. The highest BCUT2D eigenvalue weighted by atomic mass is 79.9. The second-order valence-electron chi connectivity index (χ2n) is 6.15. The first-order chi connectivity index (χ1) is 10.1. The van der Waals surface area contributed by atoms with Gasteiger partial charge in [-0.3, -0.25) is 0 Å². The van der Waals surface area contributed by atoms with E-state index in [-0.39, 0.29) is 0 Å². The van der Waals surface area contributed by atoms with Crippen LogP contribution in [0.2, 0.25) is 0 Å². The van der Waals surface area contributed by atoms with Crippen LogP contribution in [0.3, 0.4) is 0 Å². The smallest absolute Gasteiger partial charge is 0.0469 e. The third-order valence-electron chi connectivity index (χ3n) is 3.42. The van der Waals surface area contributed by atoms with Crippen molar-refractivity contribution in [2.75, 3.05) is 26.3 Å². The minimum Gasteiger partial charge on any atom is -0.381 e. The molecule has 0 fully saturated rings. The first-order valence-corrected chi connectivity index (χ1v) is 8.94. The summed E-state index contributed by atoms with van der Waals surface area (Å²) in [6.07, 6.45) is 3.33. The average Bonchev–Trinajstić information content (AvgIpc) is 2.43. The minimum absolute atomic E-state index is 0.634. The van der Waals surface area contributed by atoms with Gasteiger partial charge in [0.05, 0.1) is 0 Å². The highest BCUT2D eigenvalue weighted by molar-refractivity contribution is 9.10. The molecule has 0 aliphatic heterocycles. The lowest BCUT2D eigenvalue weighted by atomic mass is 9.96. The van der Waals surface area contributed by atoms with E-state index < -0.39 is 0 Å². The van der Waals surface area contributed by atoms with E-state index in [0.29, 0.717) is 11.8 Å². The molecule has 1 rings (SSSR count). The van der Waals surface area contributed by atoms with Gasteiger partial charge < -0.3 is 10.1 Å². The van der Waals surface area contributed by atoms with Gasteiger partial charge >= 0.3 is 0 Å². The van der Waals surface area contributed by atoms with Gasteiger partial charge in [-0.1, -0.05) is 48.8 Å². The first kappa shape index (κ1) is 18.7. The predicted molar refractivity (Wildman–Crippen MR) is 94.8 cm³/mol. The van der Waals surface area contributed by atoms with Crippen LogP contribution in [0.25, 0.3) is 0 Å². The Hall–Kier alpha value is -0.380. The summed E-state index contributed by atoms with van der Waals surface area (Å²) in [4.78, 5) is 0. The van der Waals surface area contributed by atoms with Crippen LogP contribution in [0.5, 0.6) is 0 Å². The highest BCUT2D eigenvalue weighted by Crippen LogP contribution is 2.17. The van der Waals surface area contributed by atoms with Gasteiger partial charge in [0.2, 0.25) is 0 Å². The number of hydrogen-bond acceptors (Lipinski definition) is 2.